The summed E-state index contributed by atoms with van der Waals surface area (Å²) in [4.78, 5) is 14.0. The van der Waals surface area contributed by atoms with Crippen LogP contribution in [-0.4, -0.2) is 30.5 Å². The van der Waals surface area contributed by atoms with Crippen molar-refractivity contribution < 1.29 is 23.4 Å². The van der Waals surface area contributed by atoms with Crippen LogP contribution >= 0.6 is 11.8 Å². The van der Waals surface area contributed by atoms with Crippen LogP contribution < -0.4 is 0 Å². The van der Waals surface area contributed by atoms with Crippen molar-refractivity contribution >= 4 is 28.9 Å². The Labute approximate surface area is 206 Å². The van der Waals surface area contributed by atoms with Gasteiger partial charge in [0.05, 0.1) is 12.5 Å². The molecule has 1 unspecified atom stereocenters. The molecule has 0 aliphatic carbocycles. The van der Waals surface area contributed by atoms with E-state index < -0.39 is 18.2 Å². The molecule has 2 aromatic carbocycles. The minimum atomic E-state index is -0.993. The van der Waals surface area contributed by atoms with Crippen LogP contribution in [0.4, 0.5) is 8.78 Å². The molecule has 0 saturated carbocycles. The standard InChI is InChI=1S/C28H36F2O3S/c1-4-6-7-8-10-21(9-5-2)28(32)33-19-25(20-11-14-23(34-3)15-12-20)24(18-31)22-13-16-26(29)27(30)17-22/h11-17,21,31H,4-10,18-19H2,1-3H3/b25-24-. The summed E-state index contributed by atoms with van der Waals surface area (Å²) in [6.07, 6.45) is 8.81. The van der Waals surface area contributed by atoms with Crippen LogP contribution in [-0.2, 0) is 9.53 Å². The summed E-state index contributed by atoms with van der Waals surface area (Å²) in [5.74, 6) is -2.36. The predicted octanol–water partition coefficient (Wildman–Crippen LogP) is 7.52. The Morgan fingerprint density at radius 2 is 1.62 bits per heavy atom. The molecule has 1 atom stereocenters. The van der Waals surface area contributed by atoms with Gasteiger partial charge in [-0.15, -0.1) is 11.8 Å². The van der Waals surface area contributed by atoms with Crippen molar-refractivity contribution in [2.75, 3.05) is 19.5 Å². The van der Waals surface area contributed by atoms with E-state index in [0.717, 1.165) is 67.5 Å². The lowest BCUT2D eigenvalue weighted by molar-refractivity contribution is -0.147. The molecule has 0 bridgehead atoms. The number of aliphatic hydroxyl groups is 1. The van der Waals surface area contributed by atoms with Gasteiger partial charge in [0.15, 0.2) is 11.6 Å². The number of carbonyl (C=O) groups is 1. The van der Waals surface area contributed by atoms with E-state index in [9.17, 15) is 18.7 Å². The number of ether oxygens (including phenoxy) is 1. The van der Waals surface area contributed by atoms with E-state index in [0.29, 0.717) is 16.7 Å². The highest BCUT2D eigenvalue weighted by Crippen LogP contribution is 2.30. The van der Waals surface area contributed by atoms with Crippen molar-refractivity contribution in [3.05, 3.63) is 65.2 Å². The van der Waals surface area contributed by atoms with E-state index in [4.69, 9.17) is 4.74 Å². The van der Waals surface area contributed by atoms with E-state index in [1.165, 1.54) is 6.07 Å². The molecule has 0 aliphatic rings. The molecule has 0 heterocycles. The highest BCUT2D eigenvalue weighted by molar-refractivity contribution is 7.98. The summed E-state index contributed by atoms with van der Waals surface area (Å²) < 4.78 is 33.2. The SMILES string of the molecule is CCCCCCC(CCC)C(=O)OC/C(=C(\CO)c1ccc(F)c(F)c1)c1ccc(SC)cc1. The Balaban J connectivity index is 2.34. The Bertz CT molecular complexity index is 941. The largest absolute Gasteiger partial charge is 0.461 e. The number of carbonyl (C=O) groups excluding carboxylic acids is 1. The zero-order valence-corrected chi connectivity index (χ0v) is 21.2. The maximum absolute atomic E-state index is 14.0. The minimum Gasteiger partial charge on any atom is -0.461 e. The zero-order valence-electron chi connectivity index (χ0n) is 20.4. The van der Waals surface area contributed by atoms with E-state index in [1.807, 2.05) is 30.5 Å². The monoisotopic (exact) mass is 490 g/mol. The number of hydrogen-bond donors (Lipinski definition) is 1. The first kappa shape index (κ1) is 28.1. The lowest BCUT2D eigenvalue weighted by atomic mass is 9.94. The first-order valence-electron chi connectivity index (χ1n) is 12.0. The number of hydrogen-bond acceptors (Lipinski definition) is 4. The number of unbranched alkanes of at least 4 members (excludes halogenated alkanes) is 3. The first-order chi connectivity index (χ1) is 16.4. The van der Waals surface area contributed by atoms with Crippen molar-refractivity contribution in [1.29, 1.82) is 0 Å². The summed E-state index contributed by atoms with van der Waals surface area (Å²) >= 11 is 1.60. The van der Waals surface area contributed by atoms with Crippen LogP contribution in [0.2, 0.25) is 0 Å². The summed E-state index contributed by atoms with van der Waals surface area (Å²) in [5, 5.41) is 10.2. The molecule has 1 N–H and O–H groups in total. The number of thioether (sulfide) groups is 1. The average Bonchev–Trinajstić information content (AvgIpc) is 2.85. The second kappa shape index (κ2) is 14.9. The van der Waals surface area contributed by atoms with Gasteiger partial charge in [0.2, 0.25) is 0 Å². The molecule has 34 heavy (non-hydrogen) atoms. The van der Waals surface area contributed by atoms with E-state index in [2.05, 4.69) is 13.8 Å². The van der Waals surface area contributed by atoms with Gasteiger partial charge in [-0.3, -0.25) is 4.79 Å². The van der Waals surface area contributed by atoms with Crippen LogP contribution in [0.25, 0.3) is 11.1 Å². The Kier molecular flexibility index (Phi) is 12.3. The molecule has 0 saturated heterocycles. The van der Waals surface area contributed by atoms with Gasteiger partial charge in [-0.1, -0.05) is 64.2 Å². The third-order valence-electron chi connectivity index (χ3n) is 5.96. The number of benzene rings is 2. The summed E-state index contributed by atoms with van der Waals surface area (Å²) in [6.45, 7) is 3.75. The normalized spacial score (nSPS) is 12.9. The third kappa shape index (κ3) is 8.24. The molecule has 2 aromatic rings. The van der Waals surface area contributed by atoms with Crippen molar-refractivity contribution in [3.8, 4) is 0 Å². The molecule has 3 nitrogen and oxygen atoms in total. The van der Waals surface area contributed by atoms with Crippen LogP contribution in [0, 0.1) is 17.6 Å². The molecule has 0 amide bonds. The summed E-state index contributed by atoms with van der Waals surface area (Å²) in [7, 11) is 0. The fourth-order valence-electron chi connectivity index (χ4n) is 3.99. The molecule has 0 fully saturated rings. The van der Waals surface area contributed by atoms with Gasteiger partial charge in [-0.05, 0) is 60.1 Å². The van der Waals surface area contributed by atoms with Crippen LogP contribution in [0.1, 0.15) is 69.9 Å². The molecular formula is C28H36F2O3S. The van der Waals surface area contributed by atoms with Gasteiger partial charge in [0.25, 0.3) is 0 Å². The fourth-order valence-corrected chi connectivity index (χ4v) is 4.40. The van der Waals surface area contributed by atoms with E-state index in [1.54, 1.807) is 11.8 Å². The zero-order chi connectivity index (χ0) is 24.9. The minimum absolute atomic E-state index is 0.0541. The lowest BCUT2D eigenvalue weighted by Gasteiger charge is -2.19. The molecule has 0 radical (unpaired) electrons. The van der Waals surface area contributed by atoms with Gasteiger partial charge in [0.1, 0.15) is 6.61 Å². The third-order valence-corrected chi connectivity index (χ3v) is 6.71. The smallest absolute Gasteiger partial charge is 0.309 e. The van der Waals surface area contributed by atoms with Crippen molar-refractivity contribution in [3.63, 3.8) is 0 Å². The topological polar surface area (TPSA) is 46.5 Å². The number of rotatable bonds is 14. The van der Waals surface area contributed by atoms with Gasteiger partial charge in [-0.25, -0.2) is 8.78 Å². The number of esters is 1. The Morgan fingerprint density at radius 1 is 0.912 bits per heavy atom. The quantitative estimate of drug-likeness (QED) is 0.129. The molecule has 6 heteroatoms. The maximum Gasteiger partial charge on any atom is 0.309 e. The maximum atomic E-state index is 14.0. The number of aliphatic hydroxyl groups excluding tert-OH is 1. The van der Waals surface area contributed by atoms with Crippen LogP contribution in [0.3, 0.4) is 0 Å². The van der Waals surface area contributed by atoms with Gasteiger partial charge in [0, 0.05) is 10.5 Å². The summed E-state index contributed by atoms with van der Waals surface area (Å²) in [5.41, 5.74) is 2.09. The van der Waals surface area contributed by atoms with E-state index >= 15 is 0 Å². The lowest BCUT2D eigenvalue weighted by Crippen LogP contribution is -2.19. The van der Waals surface area contributed by atoms with Gasteiger partial charge < -0.3 is 9.84 Å². The second-order valence-electron chi connectivity index (χ2n) is 8.42. The molecule has 0 aromatic heterocycles. The summed E-state index contributed by atoms with van der Waals surface area (Å²) in [6, 6.07) is 11.2. The highest BCUT2D eigenvalue weighted by Gasteiger charge is 2.21. The first-order valence-corrected chi connectivity index (χ1v) is 13.3. The Hall–Kier alpha value is -2.18. The van der Waals surface area contributed by atoms with Crippen LogP contribution in [0.5, 0.6) is 0 Å². The molecule has 2 rings (SSSR count). The Morgan fingerprint density at radius 3 is 2.21 bits per heavy atom. The average molecular weight is 491 g/mol. The second-order valence-corrected chi connectivity index (χ2v) is 9.29. The highest BCUT2D eigenvalue weighted by atomic mass is 32.2. The fraction of sp³-hybridized carbons (Fsp3) is 0.464. The number of halogens is 2. The van der Waals surface area contributed by atoms with Crippen molar-refractivity contribution in [1.82, 2.24) is 0 Å². The van der Waals surface area contributed by atoms with E-state index in [-0.39, 0.29) is 18.5 Å². The molecule has 186 valence electrons. The van der Waals surface area contributed by atoms with Crippen molar-refractivity contribution in [2.24, 2.45) is 5.92 Å². The van der Waals surface area contributed by atoms with Gasteiger partial charge in [-0.2, -0.15) is 0 Å². The molecule has 0 aliphatic heterocycles. The molecular weight excluding hydrogens is 454 g/mol. The molecule has 0 spiro atoms. The van der Waals surface area contributed by atoms with Crippen molar-refractivity contribution in [2.45, 2.75) is 63.7 Å². The van der Waals surface area contributed by atoms with Crippen LogP contribution in [0.15, 0.2) is 47.4 Å². The predicted molar refractivity (Wildman–Crippen MR) is 137 cm³/mol. The van der Waals surface area contributed by atoms with Gasteiger partial charge >= 0.3 is 5.97 Å².